The van der Waals surface area contributed by atoms with Crippen LogP contribution in [0, 0.1) is 0 Å². The van der Waals surface area contributed by atoms with Crippen LogP contribution in [0.15, 0.2) is 36.5 Å². The summed E-state index contributed by atoms with van der Waals surface area (Å²) < 4.78 is 0. The van der Waals surface area contributed by atoms with Crippen molar-refractivity contribution in [1.29, 1.82) is 0 Å². The van der Waals surface area contributed by atoms with Gasteiger partial charge in [0, 0.05) is 25.5 Å². The third kappa shape index (κ3) is 3.30. The summed E-state index contributed by atoms with van der Waals surface area (Å²) in [5.41, 5.74) is 3.51. The lowest BCUT2D eigenvalue weighted by atomic mass is 10.1. The minimum atomic E-state index is 0.692. The Balaban J connectivity index is 2.27. The van der Waals surface area contributed by atoms with Gasteiger partial charge in [0.15, 0.2) is 0 Å². The van der Waals surface area contributed by atoms with E-state index in [2.05, 4.69) is 46.4 Å². The Kier molecular flexibility index (Phi) is 4.99. The molecule has 1 N–H and O–H groups in total. The second kappa shape index (κ2) is 6.73. The molecule has 1 aromatic heterocycles. The first-order valence-corrected chi connectivity index (χ1v) is 7.15. The van der Waals surface area contributed by atoms with Gasteiger partial charge in [-0.2, -0.15) is 0 Å². The summed E-state index contributed by atoms with van der Waals surface area (Å²) in [4.78, 5) is 6.47. The van der Waals surface area contributed by atoms with E-state index in [9.17, 15) is 0 Å². The molecule has 4 heteroatoms. The third-order valence-electron chi connectivity index (χ3n) is 3.36. The van der Waals surface area contributed by atoms with Crippen molar-refractivity contribution in [3.8, 4) is 0 Å². The maximum absolute atomic E-state index is 6.14. The Morgan fingerprint density at radius 2 is 1.95 bits per heavy atom. The minimum Gasteiger partial charge on any atom is -0.329 e. The summed E-state index contributed by atoms with van der Waals surface area (Å²) in [5, 5.41) is 3.81. The summed E-state index contributed by atoms with van der Waals surface area (Å²) in [6, 6.07) is 10.6. The van der Waals surface area contributed by atoms with Crippen LogP contribution >= 0.6 is 11.6 Å². The van der Waals surface area contributed by atoms with E-state index < -0.39 is 0 Å². The molecule has 0 fully saturated rings. The number of aryl methyl sites for hydroxylation is 1. The van der Waals surface area contributed by atoms with Crippen LogP contribution in [0.1, 0.15) is 18.1 Å². The number of benzene rings is 1. The number of anilines is 2. The standard InChI is InChI=1S/C16H20ClN3/c1-4-12-5-7-14(8-6-12)20(3)16-9-13(10-18-2)15(17)11-19-16/h5-9,11,18H,4,10H2,1-3H3. The van der Waals surface area contributed by atoms with Crippen molar-refractivity contribution in [3.05, 3.63) is 52.7 Å². The van der Waals surface area contributed by atoms with Gasteiger partial charge in [0.25, 0.3) is 0 Å². The predicted molar refractivity (Wildman–Crippen MR) is 85.9 cm³/mol. The number of pyridine rings is 1. The lowest BCUT2D eigenvalue weighted by Crippen LogP contribution is -2.13. The molecule has 2 aromatic rings. The molecule has 106 valence electrons. The highest BCUT2D eigenvalue weighted by atomic mass is 35.5. The zero-order valence-corrected chi connectivity index (χ0v) is 12.9. The normalized spacial score (nSPS) is 10.6. The molecule has 1 heterocycles. The Hall–Kier alpha value is -1.58. The smallest absolute Gasteiger partial charge is 0.133 e. The minimum absolute atomic E-state index is 0.692. The van der Waals surface area contributed by atoms with Crippen molar-refractivity contribution < 1.29 is 0 Å². The quantitative estimate of drug-likeness (QED) is 0.908. The summed E-state index contributed by atoms with van der Waals surface area (Å²) in [5.74, 6) is 0.892. The van der Waals surface area contributed by atoms with Gasteiger partial charge in [-0.15, -0.1) is 0 Å². The molecule has 0 spiro atoms. The monoisotopic (exact) mass is 289 g/mol. The topological polar surface area (TPSA) is 28.2 Å². The molecule has 0 unspecified atom stereocenters. The maximum Gasteiger partial charge on any atom is 0.133 e. The first-order valence-electron chi connectivity index (χ1n) is 6.77. The molecule has 0 atom stereocenters. The van der Waals surface area contributed by atoms with Crippen LogP contribution in [-0.4, -0.2) is 19.1 Å². The first kappa shape index (κ1) is 14.8. The number of halogens is 1. The van der Waals surface area contributed by atoms with Crippen molar-refractivity contribution >= 4 is 23.1 Å². The van der Waals surface area contributed by atoms with Crippen LogP contribution in [0.3, 0.4) is 0 Å². The highest BCUT2D eigenvalue weighted by Crippen LogP contribution is 2.25. The van der Waals surface area contributed by atoms with Gasteiger partial charge >= 0.3 is 0 Å². The van der Waals surface area contributed by atoms with Gasteiger partial charge < -0.3 is 10.2 Å². The molecule has 0 saturated carbocycles. The third-order valence-corrected chi connectivity index (χ3v) is 3.70. The number of aromatic nitrogens is 1. The molecular formula is C16H20ClN3. The molecule has 0 saturated heterocycles. The van der Waals surface area contributed by atoms with E-state index in [4.69, 9.17) is 11.6 Å². The van der Waals surface area contributed by atoms with Gasteiger partial charge in [-0.3, -0.25) is 0 Å². The van der Waals surface area contributed by atoms with Gasteiger partial charge in [-0.25, -0.2) is 4.98 Å². The Morgan fingerprint density at radius 3 is 2.55 bits per heavy atom. The number of hydrogen-bond acceptors (Lipinski definition) is 3. The predicted octanol–water partition coefficient (Wildman–Crippen LogP) is 3.78. The fraction of sp³-hybridized carbons (Fsp3) is 0.312. The summed E-state index contributed by atoms with van der Waals surface area (Å²) in [6.07, 6.45) is 2.76. The highest BCUT2D eigenvalue weighted by molar-refractivity contribution is 6.31. The van der Waals surface area contributed by atoms with Crippen molar-refractivity contribution in [2.45, 2.75) is 19.9 Å². The Bertz CT molecular complexity index is 566. The van der Waals surface area contributed by atoms with Crippen LogP contribution < -0.4 is 10.2 Å². The lowest BCUT2D eigenvalue weighted by molar-refractivity contribution is 0.815. The Morgan fingerprint density at radius 1 is 1.25 bits per heavy atom. The molecule has 0 bridgehead atoms. The SMILES string of the molecule is CCc1ccc(N(C)c2cc(CNC)c(Cl)cn2)cc1. The van der Waals surface area contributed by atoms with E-state index in [1.165, 1.54) is 5.56 Å². The molecule has 0 amide bonds. The molecule has 20 heavy (non-hydrogen) atoms. The van der Waals surface area contributed by atoms with E-state index >= 15 is 0 Å². The van der Waals surface area contributed by atoms with Gasteiger partial charge in [0.05, 0.1) is 5.02 Å². The van der Waals surface area contributed by atoms with Gasteiger partial charge in [0.2, 0.25) is 0 Å². The highest BCUT2D eigenvalue weighted by Gasteiger charge is 2.08. The fourth-order valence-corrected chi connectivity index (χ4v) is 2.23. The van der Waals surface area contributed by atoms with E-state index in [0.717, 1.165) is 30.0 Å². The number of hydrogen-bond donors (Lipinski definition) is 1. The van der Waals surface area contributed by atoms with E-state index in [-0.39, 0.29) is 0 Å². The molecule has 0 aliphatic carbocycles. The van der Waals surface area contributed by atoms with Gasteiger partial charge in [-0.05, 0) is 42.8 Å². The second-order valence-electron chi connectivity index (χ2n) is 4.74. The van der Waals surface area contributed by atoms with E-state index in [1.807, 2.05) is 20.2 Å². The zero-order valence-electron chi connectivity index (χ0n) is 12.2. The molecule has 0 aliphatic rings. The maximum atomic E-state index is 6.14. The first-order chi connectivity index (χ1) is 9.65. The van der Waals surface area contributed by atoms with E-state index in [1.54, 1.807) is 6.20 Å². The number of nitrogens with one attached hydrogen (secondary N) is 1. The van der Waals surface area contributed by atoms with Crippen LogP contribution in [0.25, 0.3) is 0 Å². The van der Waals surface area contributed by atoms with Gasteiger partial charge in [-0.1, -0.05) is 30.7 Å². The van der Waals surface area contributed by atoms with Crippen molar-refractivity contribution in [2.24, 2.45) is 0 Å². The average molecular weight is 290 g/mol. The molecule has 2 rings (SSSR count). The Labute approximate surface area is 125 Å². The van der Waals surface area contributed by atoms with Crippen molar-refractivity contribution in [2.75, 3.05) is 19.0 Å². The molecule has 1 aromatic carbocycles. The van der Waals surface area contributed by atoms with Crippen LogP contribution in [0.4, 0.5) is 11.5 Å². The largest absolute Gasteiger partial charge is 0.329 e. The molecule has 3 nitrogen and oxygen atoms in total. The number of nitrogens with zero attached hydrogens (tertiary/aromatic N) is 2. The second-order valence-corrected chi connectivity index (χ2v) is 5.15. The fourth-order valence-electron chi connectivity index (χ4n) is 2.06. The van der Waals surface area contributed by atoms with Crippen molar-refractivity contribution in [3.63, 3.8) is 0 Å². The summed E-state index contributed by atoms with van der Waals surface area (Å²) >= 11 is 6.14. The van der Waals surface area contributed by atoms with E-state index in [0.29, 0.717) is 5.02 Å². The van der Waals surface area contributed by atoms with Crippen LogP contribution in [-0.2, 0) is 13.0 Å². The van der Waals surface area contributed by atoms with Crippen LogP contribution in [0.5, 0.6) is 0 Å². The molecule has 0 aliphatic heterocycles. The number of rotatable bonds is 5. The molecule has 0 radical (unpaired) electrons. The van der Waals surface area contributed by atoms with Crippen molar-refractivity contribution in [1.82, 2.24) is 10.3 Å². The molecular weight excluding hydrogens is 270 g/mol. The van der Waals surface area contributed by atoms with Crippen LogP contribution in [0.2, 0.25) is 5.02 Å². The summed E-state index contributed by atoms with van der Waals surface area (Å²) in [6.45, 7) is 2.89. The summed E-state index contributed by atoms with van der Waals surface area (Å²) in [7, 11) is 3.92. The zero-order chi connectivity index (χ0) is 14.5. The van der Waals surface area contributed by atoms with Gasteiger partial charge in [0.1, 0.15) is 5.82 Å². The lowest BCUT2D eigenvalue weighted by Gasteiger charge is -2.19. The average Bonchev–Trinajstić information content (AvgIpc) is 2.49.